The Morgan fingerprint density at radius 2 is 1.75 bits per heavy atom. The number of carbonyl (C=O) groups excluding carboxylic acids is 2. The molecule has 1 aliphatic heterocycles. The van der Waals surface area contributed by atoms with Crippen LogP contribution in [0.15, 0.2) is 42.6 Å². The summed E-state index contributed by atoms with van der Waals surface area (Å²) in [6.45, 7) is 3.52. The van der Waals surface area contributed by atoms with Crippen LogP contribution in [-0.4, -0.2) is 34.8 Å². The van der Waals surface area contributed by atoms with E-state index < -0.39 is 0 Å². The Hall–Kier alpha value is -2.69. The minimum absolute atomic E-state index is 0.0975. The zero-order valence-corrected chi connectivity index (χ0v) is 13.8. The molecule has 0 unspecified atom stereocenters. The van der Waals surface area contributed by atoms with Gasteiger partial charge in [-0.3, -0.25) is 14.6 Å². The van der Waals surface area contributed by atoms with Crippen molar-refractivity contribution < 1.29 is 9.59 Å². The fraction of sp³-hybridized carbons (Fsp3) is 0.316. The number of hydrogen-bond donors (Lipinski definition) is 1. The maximum atomic E-state index is 12.5. The van der Waals surface area contributed by atoms with Crippen LogP contribution in [-0.2, 0) is 0 Å². The molecular weight excluding hydrogens is 302 g/mol. The first-order valence-electron chi connectivity index (χ1n) is 8.27. The number of carbonyl (C=O) groups is 2. The molecule has 0 saturated carbocycles. The van der Waals surface area contributed by atoms with Crippen molar-refractivity contribution in [1.82, 2.24) is 9.88 Å². The molecule has 3 rings (SSSR count). The van der Waals surface area contributed by atoms with Crippen molar-refractivity contribution in [2.45, 2.75) is 26.2 Å². The number of anilines is 1. The van der Waals surface area contributed by atoms with Gasteiger partial charge in [0.1, 0.15) is 5.69 Å². The van der Waals surface area contributed by atoms with Gasteiger partial charge in [0.25, 0.3) is 11.8 Å². The fourth-order valence-corrected chi connectivity index (χ4v) is 2.79. The summed E-state index contributed by atoms with van der Waals surface area (Å²) in [6.07, 6.45) is 4.73. The summed E-state index contributed by atoms with van der Waals surface area (Å²) in [4.78, 5) is 30.8. The van der Waals surface area contributed by atoms with Gasteiger partial charge in [0.05, 0.1) is 0 Å². The molecule has 2 amide bonds. The predicted molar refractivity (Wildman–Crippen MR) is 93.1 cm³/mol. The van der Waals surface area contributed by atoms with Gasteiger partial charge in [-0.05, 0) is 50.5 Å². The quantitative estimate of drug-likeness (QED) is 0.943. The van der Waals surface area contributed by atoms with Crippen LogP contribution in [0.1, 0.15) is 45.7 Å². The van der Waals surface area contributed by atoms with E-state index in [0.29, 0.717) is 11.3 Å². The van der Waals surface area contributed by atoms with Gasteiger partial charge in [0, 0.05) is 30.5 Å². The highest BCUT2D eigenvalue weighted by Crippen LogP contribution is 2.14. The SMILES string of the molecule is Cc1ccc(NC(=O)c2ccnc(C(=O)N3CCCCC3)c2)cc1. The lowest BCUT2D eigenvalue weighted by atomic mass is 10.1. The molecule has 0 atom stereocenters. The van der Waals surface area contributed by atoms with Crippen molar-refractivity contribution in [3.63, 3.8) is 0 Å². The number of hydrogen-bond acceptors (Lipinski definition) is 3. The molecule has 1 N–H and O–H groups in total. The summed E-state index contributed by atoms with van der Waals surface area (Å²) in [5.74, 6) is -0.339. The number of aryl methyl sites for hydroxylation is 1. The lowest BCUT2D eigenvalue weighted by Crippen LogP contribution is -2.36. The van der Waals surface area contributed by atoms with E-state index in [0.717, 1.165) is 43.6 Å². The first-order valence-corrected chi connectivity index (χ1v) is 8.27. The van der Waals surface area contributed by atoms with E-state index in [1.807, 2.05) is 36.1 Å². The molecular formula is C19H21N3O2. The minimum Gasteiger partial charge on any atom is -0.337 e. The molecule has 0 radical (unpaired) electrons. The van der Waals surface area contributed by atoms with Gasteiger partial charge in [0.15, 0.2) is 0 Å². The van der Waals surface area contributed by atoms with Gasteiger partial charge in [-0.2, -0.15) is 0 Å². The van der Waals surface area contributed by atoms with Gasteiger partial charge in [-0.25, -0.2) is 0 Å². The largest absolute Gasteiger partial charge is 0.337 e. The van der Waals surface area contributed by atoms with Gasteiger partial charge in [0.2, 0.25) is 0 Å². The second kappa shape index (κ2) is 7.25. The number of likely N-dealkylation sites (tertiary alicyclic amines) is 1. The molecule has 1 saturated heterocycles. The summed E-state index contributed by atoms with van der Waals surface area (Å²) in [7, 11) is 0. The minimum atomic E-state index is -0.242. The van der Waals surface area contributed by atoms with Crippen molar-refractivity contribution in [3.05, 3.63) is 59.4 Å². The smallest absolute Gasteiger partial charge is 0.272 e. The third-order valence-electron chi connectivity index (χ3n) is 4.19. The number of amides is 2. The maximum Gasteiger partial charge on any atom is 0.272 e. The highest BCUT2D eigenvalue weighted by Gasteiger charge is 2.20. The fourth-order valence-electron chi connectivity index (χ4n) is 2.79. The number of nitrogens with zero attached hydrogens (tertiary/aromatic N) is 2. The van der Waals surface area contributed by atoms with E-state index in [1.165, 1.54) is 6.20 Å². The zero-order valence-electron chi connectivity index (χ0n) is 13.8. The summed E-state index contributed by atoms with van der Waals surface area (Å²) in [5.41, 5.74) is 2.62. The van der Waals surface area contributed by atoms with Gasteiger partial charge >= 0.3 is 0 Å². The molecule has 1 aromatic carbocycles. The lowest BCUT2D eigenvalue weighted by molar-refractivity contribution is 0.0718. The van der Waals surface area contributed by atoms with Crippen molar-refractivity contribution in [2.75, 3.05) is 18.4 Å². The second-order valence-corrected chi connectivity index (χ2v) is 6.10. The van der Waals surface area contributed by atoms with Crippen molar-refractivity contribution in [2.24, 2.45) is 0 Å². The normalized spacial score (nSPS) is 14.3. The third kappa shape index (κ3) is 3.79. The van der Waals surface area contributed by atoms with Crippen LogP contribution >= 0.6 is 0 Å². The topological polar surface area (TPSA) is 62.3 Å². The van der Waals surface area contributed by atoms with Crippen LogP contribution in [0.5, 0.6) is 0 Å². The van der Waals surface area contributed by atoms with E-state index in [9.17, 15) is 9.59 Å². The molecule has 24 heavy (non-hydrogen) atoms. The summed E-state index contributed by atoms with van der Waals surface area (Å²) in [6, 6.07) is 10.8. The van der Waals surface area contributed by atoms with E-state index >= 15 is 0 Å². The Balaban J connectivity index is 1.73. The van der Waals surface area contributed by atoms with E-state index in [2.05, 4.69) is 10.3 Å². The first-order chi connectivity index (χ1) is 11.6. The molecule has 1 aliphatic rings. The van der Waals surface area contributed by atoms with Crippen molar-refractivity contribution >= 4 is 17.5 Å². The highest BCUT2D eigenvalue weighted by molar-refractivity contribution is 6.05. The number of benzene rings is 1. The van der Waals surface area contributed by atoms with Crippen LogP contribution in [0.2, 0.25) is 0 Å². The van der Waals surface area contributed by atoms with Crippen LogP contribution < -0.4 is 5.32 Å². The van der Waals surface area contributed by atoms with E-state index in [4.69, 9.17) is 0 Å². The van der Waals surface area contributed by atoms with Crippen molar-refractivity contribution in [3.8, 4) is 0 Å². The average molecular weight is 323 g/mol. The van der Waals surface area contributed by atoms with Crippen molar-refractivity contribution in [1.29, 1.82) is 0 Å². The molecule has 1 aromatic heterocycles. The molecule has 0 bridgehead atoms. The maximum absolute atomic E-state index is 12.5. The number of pyridine rings is 1. The molecule has 2 aromatic rings. The van der Waals surface area contributed by atoms with Crippen LogP contribution in [0.25, 0.3) is 0 Å². The first kappa shape index (κ1) is 16.2. The Kier molecular flexibility index (Phi) is 4.89. The lowest BCUT2D eigenvalue weighted by Gasteiger charge is -2.26. The van der Waals surface area contributed by atoms with E-state index in [-0.39, 0.29) is 11.8 Å². The summed E-state index contributed by atoms with van der Waals surface area (Å²) < 4.78 is 0. The number of nitrogens with one attached hydrogen (secondary N) is 1. The molecule has 5 heteroatoms. The number of piperidine rings is 1. The Morgan fingerprint density at radius 1 is 1.04 bits per heavy atom. The average Bonchev–Trinajstić information content (AvgIpc) is 2.64. The number of aromatic nitrogens is 1. The molecule has 124 valence electrons. The molecule has 0 spiro atoms. The summed E-state index contributed by atoms with van der Waals surface area (Å²) in [5, 5.41) is 2.84. The molecule has 1 fully saturated rings. The Labute approximate surface area is 141 Å². The van der Waals surface area contributed by atoms with Crippen LogP contribution in [0.3, 0.4) is 0 Å². The van der Waals surface area contributed by atoms with Gasteiger partial charge in [-0.15, -0.1) is 0 Å². The van der Waals surface area contributed by atoms with Gasteiger partial charge in [-0.1, -0.05) is 17.7 Å². The summed E-state index contributed by atoms with van der Waals surface area (Å²) >= 11 is 0. The van der Waals surface area contributed by atoms with Crippen LogP contribution in [0.4, 0.5) is 5.69 Å². The monoisotopic (exact) mass is 323 g/mol. The van der Waals surface area contributed by atoms with Crippen LogP contribution in [0, 0.1) is 6.92 Å². The zero-order chi connectivity index (χ0) is 16.9. The molecule has 5 nitrogen and oxygen atoms in total. The Bertz CT molecular complexity index is 735. The second-order valence-electron chi connectivity index (χ2n) is 6.10. The van der Waals surface area contributed by atoms with E-state index in [1.54, 1.807) is 12.1 Å². The Morgan fingerprint density at radius 3 is 2.46 bits per heavy atom. The predicted octanol–water partition coefficient (Wildman–Crippen LogP) is 3.27. The third-order valence-corrected chi connectivity index (χ3v) is 4.19. The highest BCUT2D eigenvalue weighted by atomic mass is 16.2. The number of rotatable bonds is 3. The molecule has 0 aliphatic carbocycles. The molecule has 2 heterocycles. The standard InChI is InChI=1S/C19H21N3O2/c1-14-5-7-16(8-6-14)21-18(23)15-9-10-20-17(13-15)19(24)22-11-3-2-4-12-22/h5-10,13H,2-4,11-12H2,1H3,(H,21,23). The van der Waals surface area contributed by atoms with Gasteiger partial charge < -0.3 is 10.2 Å².